The number of aromatic nitrogens is 2. The molecule has 2 heterocycles. The highest BCUT2D eigenvalue weighted by molar-refractivity contribution is 6.17. The van der Waals surface area contributed by atoms with Crippen molar-refractivity contribution in [2.45, 2.75) is 39.7 Å². The molecule has 22 heavy (non-hydrogen) atoms. The second-order valence-corrected chi connectivity index (χ2v) is 6.58. The molecule has 1 aromatic heterocycles. The lowest BCUT2D eigenvalue weighted by Crippen LogP contribution is -2.16. The number of hydrogen-bond acceptors (Lipinski definition) is 2. The van der Waals surface area contributed by atoms with E-state index in [2.05, 4.69) is 36.7 Å². The van der Waals surface area contributed by atoms with Crippen LogP contribution in [-0.2, 0) is 13.0 Å². The van der Waals surface area contributed by atoms with Crippen molar-refractivity contribution >= 4 is 11.6 Å². The Morgan fingerprint density at radius 3 is 3.05 bits per heavy atom. The number of alkyl halides is 1. The molecule has 1 aliphatic rings. The Kier molecular flexibility index (Phi) is 4.72. The number of hydrogen-bond donors (Lipinski definition) is 0. The molecule has 3 rings (SSSR count). The standard InChI is InChI=1S/C18H23ClN2O/c1-13-6-8-21-12-17(20-18(21)10-13)16-5-4-15(11-14(16)2)22-9-3-7-19/h4-5,11-13H,3,6-10H2,1-2H3. The van der Waals surface area contributed by atoms with E-state index in [-0.39, 0.29) is 0 Å². The molecule has 0 N–H and O–H groups in total. The topological polar surface area (TPSA) is 27.1 Å². The lowest BCUT2D eigenvalue weighted by molar-refractivity contribution is 0.318. The monoisotopic (exact) mass is 318 g/mol. The summed E-state index contributed by atoms with van der Waals surface area (Å²) >= 11 is 5.67. The van der Waals surface area contributed by atoms with E-state index < -0.39 is 0 Å². The van der Waals surface area contributed by atoms with Crippen molar-refractivity contribution < 1.29 is 4.74 Å². The summed E-state index contributed by atoms with van der Waals surface area (Å²) < 4.78 is 8.01. The number of imidazole rings is 1. The predicted octanol–water partition coefficient (Wildman–Crippen LogP) is 4.45. The molecule has 3 nitrogen and oxygen atoms in total. The van der Waals surface area contributed by atoms with E-state index in [4.69, 9.17) is 21.3 Å². The summed E-state index contributed by atoms with van der Waals surface area (Å²) in [6.45, 7) is 6.17. The molecule has 0 saturated carbocycles. The molecule has 0 bridgehead atoms. The van der Waals surface area contributed by atoms with Gasteiger partial charge in [-0.2, -0.15) is 0 Å². The first-order valence-corrected chi connectivity index (χ1v) is 8.56. The molecule has 1 unspecified atom stereocenters. The third-order valence-corrected chi connectivity index (χ3v) is 4.54. The van der Waals surface area contributed by atoms with Crippen molar-refractivity contribution in [2.24, 2.45) is 5.92 Å². The minimum Gasteiger partial charge on any atom is -0.494 e. The van der Waals surface area contributed by atoms with Gasteiger partial charge in [-0.15, -0.1) is 11.6 Å². The van der Waals surface area contributed by atoms with Crippen LogP contribution in [0.2, 0.25) is 0 Å². The molecule has 0 aliphatic carbocycles. The van der Waals surface area contributed by atoms with Gasteiger partial charge in [-0.3, -0.25) is 0 Å². The number of fused-ring (bicyclic) bond motifs is 1. The van der Waals surface area contributed by atoms with Gasteiger partial charge in [0, 0.05) is 30.6 Å². The number of rotatable bonds is 5. The highest BCUT2D eigenvalue weighted by Crippen LogP contribution is 2.29. The number of halogens is 1. The molecule has 0 amide bonds. The maximum absolute atomic E-state index is 5.70. The lowest BCUT2D eigenvalue weighted by Gasteiger charge is -2.18. The van der Waals surface area contributed by atoms with Gasteiger partial charge in [-0.05, 0) is 49.4 Å². The van der Waals surface area contributed by atoms with Crippen molar-refractivity contribution in [1.82, 2.24) is 9.55 Å². The summed E-state index contributed by atoms with van der Waals surface area (Å²) in [5, 5.41) is 0. The van der Waals surface area contributed by atoms with Crippen LogP contribution in [0.15, 0.2) is 24.4 Å². The number of benzene rings is 1. The SMILES string of the molecule is Cc1cc(OCCCCl)ccc1-c1cn2c(n1)CC(C)CC2. The van der Waals surface area contributed by atoms with Gasteiger partial charge < -0.3 is 9.30 Å². The maximum Gasteiger partial charge on any atom is 0.119 e. The van der Waals surface area contributed by atoms with Crippen molar-refractivity contribution in [3.8, 4) is 17.0 Å². The largest absolute Gasteiger partial charge is 0.494 e. The van der Waals surface area contributed by atoms with E-state index in [1.165, 1.54) is 23.4 Å². The molecule has 2 aromatic rings. The van der Waals surface area contributed by atoms with Gasteiger partial charge in [-0.1, -0.05) is 6.92 Å². The van der Waals surface area contributed by atoms with Crippen LogP contribution in [-0.4, -0.2) is 22.0 Å². The van der Waals surface area contributed by atoms with Crippen molar-refractivity contribution in [1.29, 1.82) is 0 Å². The fourth-order valence-corrected chi connectivity index (χ4v) is 3.08. The molecular formula is C18H23ClN2O. The molecule has 0 saturated heterocycles. The number of nitrogens with zero attached hydrogens (tertiary/aromatic N) is 2. The smallest absolute Gasteiger partial charge is 0.119 e. The molecule has 1 atom stereocenters. The maximum atomic E-state index is 5.70. The third-order valence-electron chi connectivity index (χ3n) is 4.27. The lowest BCUT2D eigenvalue weighted by atomic mass is 10.0. The molecule has 0 spiro atoms. The fraction of sp³-hybridized carbons (Fsp3) is 0.500. The molecular weight excluding hydrogens is 296 g/mol. The normalized spacial score (nSPS) is 17.3. The van der Waals surface area contributed by atoms with E-state index in [9.17, 15) is 0 Å². The fourth-order valence-electron chi connectivity index (χ4n) is 2.97. The Balaban J connectivity index is 1.80. The number of aryl methyl sites for hydroxylation is 2. The van der Waals surface area contributed by atoms with Gasteiger partial charge in [0.1, 0.15) is 11.6 Å². The minimum atomic E-state index is 0.635. The Hall–Kier alpha value is -1.48. The summed E-state index contributed by atoms with van der Waals surface area (Å²) in [7, 11) is 0. The van der Waals surface area contributed by atoms with Crippen LogP contribution in [0.25, 0.3) is 11.3 Å². The van der Waals surface area contributed by atoms with Crippen LogP contribution in [0.4, 0.5) is 0 Å². The zero-order chi connectivity index (χ0) is 15.5. The van der Waals surface area contributed by atoms with Gasteiger partial charge in [0.2, 0.25) is 0 Å². The average Bonchev–Trinajstić information content (AvgIpc) is 2.90. The van der Waals surface area contributed by atoms with E-state index in [1.54, 1.807) is 0 Å². The quantitative estimate of drug-likeness (QED) is 0.601. The third kappa shape index (κ3) is 3.30. The van der Waals surface area contributed by atoms with Crippen LogP contribution in [0.5, 0.6) is 5.75 Å². The Labute approximate surface area is 137 Å². The van der Waals surface area contributed by atoms with Crippen molar-refractivity contribution in [3.05, 3.63) is 35.8 Å². The Morgan fingerprint density at radius 2 is 2.27 bits per heavy atom. The zero-order valence-corrected chi connectivity index (χ0v) is 14.1. The van der Waals surface area contributed by atoms with Crippen LogP contribution in [0.1, 0.15) is 31.2 Å². The molecule has 1 aromatic carbocycles. The van der Waals surface area contributed by atoms with E-state index in [1.807, 2.05) is 6.07 Å². The van der Waals surface area contributed by atoms with Crippen LogP contribution in [0.3, 0.4) is 0 Å². The van der Waals surface area contributed by atoms with E-state index in [0.29, 0.717) is 12.5 Å². The highest BCUT2D eigenvalue weighted by Gasteiger charge is 2.18. The van der Waals surface area contributed by atoms with Crippen molar-refractivity contribution in [3.63, 3.8) is 0 Å². The molecule has 4 heteroatoms. The second kappa shape index (κ2) is 6.74. The molecule has 0 radical (unpaired) electrons. The Bertz CT molecular complexity index is 651. The predicted molar refractivity (Wildman–Crippen MR) is 90.7 cm³/mol. The van der Waals surface area contributed by atoms with Gasteiger partial charge in [-0.25, -0.2) is 4.98 Å². The van der Waals surface area contributed by atoms with Gasteiger partial charge >= 0.3 is 0 Å². The first kappa shape index (κ1) is 15.4. The van der Waals surface area contributed by atoms with Gasteiger partial charge in [0.25, 0.3) is 0 Å². The molecule has 1 aliphatic heterocycles. The molecule has 118 valence electrons. The van der Waals surface area contributed by atoms with Crippen LogP contribution < -0.4 is 4.74 Å². The van der Waals surface area contributed by atoms with Gasteiger partial charge in [0.15, 0.2) is 0 Å². The minimum absolute atomic E-state index is 0.635. The van der Waals surface area contributed by atoms with Gasteiger partial charge in [0.05, 0.1) is 12.3 Å². The van der Waals surface area contributed by atoms with E-state index >= 15 is 0 Å². The van der Waals surface area contributed by atoms with Crippen LogP contribution >= 0.6 is 11.6 Å². The summed E-state index contributed by atoms with van der Waals surface area (Å²) in [6, 6.07) is 6.23. The number of ether oxygens (including phenoxy) is 1. The van der Waals surface area contributed by atoms with E-state index in [0.717, 1.165) is 36.7 Å². The summed E-state index contributed by atoms with van der Waals surface area (Å²) in [6.07, 6.45) is 5.39. The van der Waals surface area contributed by atoms with Crippen LogP contribution in [0, 0.1) is 12.8 Å². The highest BCUT2D eigenvalue weighted by atomic mass is 35.5. The average molecular weight is 319 g/mol. The summed E-state index contributed by atoms with van der Waals surface area (Å²) in [4.78, 5) is 4.84. The first-order chi connectivity index (χ1) is 10.7. The summed E-state index contributed by atoms with van der Waals surface area (Å²) in [5.41, 5.74) is 3.47. The Morgan fingerprint density at radius 1 is 1.41 bits per heavy atom. The van der Waals surface area contributed by atoms with Crippen molar-refractivity contribution in [2.75, 3.05) is 12.5 Å². The molecule has 0 fully saturated rings. The summed E-state index contributed by atoms with van der Waals surface area (Å²) in [5.74, 6) is 3.50. The second-order valence-electron chi connectivity index (χ2n) is 6.20. The first-order valence-electron chi connectivity index (χ1n) is 8.03. The zero-order valence-electron chi connectivity index (χ0n) is 13.3.